The maximum atomic E-state index is 13.1. The number of imidazole rings is 1. The van der Waals surface area contributed by atoms with E-state index in [1.807, 2.05) is 4.57 Å². The van der Waals surface area contributed by atoms with Crippen molar-refractivity contribution in [3.8, 4) is 5.75 Å². The highest BCUT2D eigenvalue weighted by atomic mass is 16.6. The number of amides is 1. The van der Waals surface area contributed by atoms with Crippen molar-refractivity contribution in [1.82, 2.24) is 14.5 Å². The molecular weight excluding hydrogens is 464 g/mol. The molecule has 1 saturated heterocycles. The number of nitro benzene ring substituents is 1. The minimum Gasteiger partial charge on any atom is -0.507 e. The molecule has 36 heavy (non-hydrogen) atoms. The molecule has 1 amide bonds. The molecule has 2 heterocycles. The number of ether oxygens (including phenoxy) is 1. The largest absolute Gasteiger partial charge is 0.507 e. The lowest BCUT2D eigenvalue weighted by Crippen LogP contribution is -2.31. The highest BCUT2D eigenvalue weighted by Gasteiger charge is 2.45. The summed E-state index contributed by atoms with van der Waals surface area (Å²) in [6.07, 6.45) is 7.24. The van der Waals surface area contributed by atoms with E-state index < -0.39 is 22.7 Å². The SMILES string of the molecule is C=CCOc1ccc(/C(O)=C2\C(=O)C(=O)N(CCCn3ccnc3)[C@H]2c2ccc([N+](=O)[O-])cc2)cc1. The van der Waals surface area contributed by atoms with Crippen molar-refractivity contribution in [1.29, 1.82) is 0 Å². The zero-order valence-electron chi connectivity index (χ0n) is 19.3. The summed E-state index contributed by atoms with van der Waals surface area (Å²) >= 11 is 0. The molecule has 2 aromatic carbocycles. The van der Waals surface area contributed by atoms with Crippen molar-refractivity contribution in [2.45, 2.75) is 19.0 Å². The molecule has 0 aliphatic carbocycles. The first kappa shape index (κ1) is 24.4. The minimum absolute atomic E-state index is 0.0729. The number of benzene rings is 2. The summed E-state index contributed by atoms with van der Waals surface area (Å²) in [5, 5.41) is 22.3. The van der Waals surface area contributed by atoms with E-state index in [1.165, 1.54) is 29.2 Å². The van der Waals surface area contributed by atoms with Crippen molar-refractivity contribution in [2.75, 3.05) is 13.2 Å². The van der Waals surface area contributed by atoms with Crippen molar-refractivity contribution < 1.29 is 24.4 Å². The molecule has 1 aromatic heterocycles. The van der Waals surface area contributed by atoms with E-state index in [4.69, 9.17) is 4.74 Å². The van der Waals surface area contributed by atoms with Crippen LogP contribution in [0.5, 0.6) is 5.75 Å². The number of ketones is 1. The summed E-state index contributed by atoms with van der Waals surface area (Å²) in [6, 6.07) is 11.2. The van der Waals surface area contributed by atoms with Gasteiger partial charge in [-0.25, -0.2) is 4.98 Å². The fourth-order valence-corrected chi connectivity index (χ4v) is 4.10. The molecule has 1 N–H and O–H groups in total. The molecule has 10 nitrogen and oxygen atoms in total. The average molecular weight is 489 g/mol. The Balaban J connectivity index is 1.70. The van der Waals surface area contributed by atoms with Crippen LogP contribution in [0.25, 0.3) is 5.76 Å². The van der Waals surface area contributed by atoms with Crippen molar-refractivity contribution >= 4 is 23.1 Å². The van der Waals surface area contributed by atoms with Gasteiger partial charge in [0.05, 0.1) is 22.9 Å². The number of likely N-dealkylation sites (tertiary alicyclic amines) is 1. The molecule has 10 heteroatoms. The minimum atomic E-state index is -0.898. The number of carbonyl (C=O) groups excluding carboxylic acids is 2. The third kappa shape index (κ3) is 5.02. The first-order valence-electron chi connectivity index (χ1n) is 11.2. The predicted molar refractivity (Wildman–Crippen MR) is 131 cm³/mol. The molecule has 0 spiro atoms. The van der Waals surface area contributed by atoms with Gasteiger partial charge in [0.2, 0.25) is 0 Å². The second-order valence-electron chi connectivity index (χ2n) is 8.12. The molecule has 1 atom stereocenters. The third-order valence-electron chi connectivity index (χ3n) is 5.83. The summed E-state index contributed by atoms with van der Waals surface area (Å²) in [7, 11) is 0. The second-order valence-corrected chi connectivity index (χ2v) is 8.12. The molecule has 1 aliphatic heterocycles. The molecule has 184 valence electrons. The van der Waals surface area contributed by atoms with Crippen molar-refractivity contribution in [3.63, 3.8) is 0 Å². The Morgan fingerprint density at radius 2 is 1.86 bits per heavy atom. The fraction of sp³-hybridized carbons (Fsp3) is 0.192. The lowest BCUT2D eigenvalue weighted by Gasteiger charge is -2.25. The van der Waals surface area contributed by atoms with E-state index in [0.717, 1.165) is 0 Å². The van der Waals surface area contributed by atoms with Crippen LogP contribution in [0.2, 0.25) is 0 Å². The van der Waals surface area contributed by atoms with Gasteiger partial charge in [-0.2, -0.15) is 0 Å². The van der Waals surface area contributed by atoms with E-state index in [-0.39, 0.29) is 23.6 Å². The summed E-state index contributed by atoms with van der Waals surface area (Å²) in [5.41, 5.74) is 0.626. The summed E-state index contributed by atoms with van der Waals surface area (Å²) in [4.78, 5) is 42.2. The highest BCUT2D eigenvalue weighted by molar-refractivity contribution is 6.46. The maximum Gasteiger partial charge on any atom is 0.295 e. The van der Waals surface area contributed by atoms with Crippen LogP contribution in [0.15, 0.2) is 85.5 Å². The number of aryl methyl sites for hydroxylation is 1. The van der Waals surface area contributed by atoms with E-state index in [0.29, 0.717) is 36.4 Å². The molecule has 0 unspecified atom stereocenters. The summed E-state index contributed by atoms with van der Waals surface area (Å²) in [5.74, 6) is -1.33. The molecular formula is C26H24N4O6. The first-order valence-corrected chi connectivity index (χ1v) is 11.2. The molecule has 0 bridgehead atoms. The maximum absolute atomic E-state index is 13.1. The average Bonchev–Trinajstić information content (AvgIpc) is 3.50. The van der Waals surface area contributed by atoms with Crippen LogP contribution in [0.1, 0.15) is 23.6 Å². The van der Waals surface area contributed by atoms with Gasteiger partial charge in [-0.05, 0) is 48.4 Å². The lowest BCUT2D eigenvalue weighted by molar-refractivity contribution is -0.384. The lowest BCUT2D eigenvalue weighted by atomic mass is 9.95. The van der Waals surface area contributed by atoms with Gasteiger partial charge in [-0.3, -0.25) is 19.7 Å². The van der Waals surface area contributed by atoms with Gasteiger partial charge in [0, 0.05) is 43.2 Å². The number of rotatable bonds is 10. The normalized spacial score (nSPS) is 16.8. The van der Waals surface area contributed by atoms with Crippen LogP contribution < -0.4 is 4.74 Å². The van der Waals surface area contributed by atoms with Crippen LogP contribution in [-0.2, 0) is 16.1 Å². The Morgan fingerprint density at radius 3 is 2.47 bits per heavy atom. The van der Waals surface area contributed by atoms with Gasteiger partial charge >= 0.3 is 0 Å². The molecule has 1 fully saturated rings. The number of Topliss-reactive ketones (excluding diaryl/α,β-unsaturated/α-hetero) is 1. The quantitative estimate of drug-likeness (QED) is 0.115. The Kier molecular flexibility index (Phi) is 7.24. The number of nitro groups is 1. The van der Waals surface area contributed by atoms with Crippen molar-refractivity contribution in [2.24, 2.45) is 0 Å². The van der Waals surface area contributed by atoms with Crippen LogP contribution in [0.3, 0.4) is 0 Å². The van der Waals surface area contributed by atoms with E-state index in [9.17, 15) is 24.8 Å². The molecule has 3 aromatic rings. The van der Waals surface area contributed by atoms with Gasteiger partial charge in [0.25, 0.3) is 17.4 Å². The second kappa shape index (κ2) is 10.7. The van der Waals surface area contributed by atoms with Gasteiger partial charge < -0.3 is 19.3 Å². The number of nitrogens with zero attached hydrogens (tertiary/aromatic N) is 4. The Labute approximate surface area is 206 Å². The van der Waals surface area contributed by atoms with Crippen LogP contribution in [0, 0.1) is 10.1 Å². The Morgan fingerprint density at radius 1 is 1.14 bits per heavy atom. The number of non-ortho nitro benzene ring substituents is 1. The highest BCUT2D eigenvalue weighted by Crippen LogP contribution is 2.40. The molecule has 4 rings (SSSR count). The van der Waals surface area contributed by atoms with Crippen LogP contribution >= 0.6 is 0 Å². The smallest absolute Gasteiger partial charge is 0.295 e. The van der Waals surface area contributed by atoms with E-state index >= 15 is 0 Å². The Hall–Kier alpha value is -4.73. The Bertz CT molecular complexity index is 1300. The first-order chi connectivity index (χ1) is 17.4. The van der Waals surface area contributed by atoms with Gasteiger partial charge in [-0.1, -0.05) is 12.7 Å². The zero-order valence-corrected chi connectivity index (χ0v) is 19.3. The number of hydrogen-bond donors (Lipinski definition) is 1. The number of aromatic nitrogens is 2. The fourth-order valence-electron chi connectivity index (χ4n) is 4.10. The standard InChI is InChI=1S/C26H24N4O6/c1-2-16-36-21-10-6-19(7-11-21)24(31)22-23(18-4-8-20(9-5-18)30(34)35)29(26(33)25(22)32)14-3-13-28-15-12-27-17-28/h2,4-12,15,17,23,31H,1,3,13-14,16H2/b24-22+/t23-/m0/s1. The van der Waals surface area contributed by atoms with Crippen molar-refractivity contribution in [3.05, 3.63) is 107 Å². The van der Waals surface area contributed by atoms with Gasteiger partial charge in [-0.15, -0.1) is 0 Å². The number of aliphatic hydroxyl groups excluding tert-OH is 1. The van der Waals surface area contributed by atoms with Gasteiger partial charge in [0.15, 0.2) is 0 Å². The molecule has 0 radical (unpaired) electrons. The topological polar surface area (TPSA) is 128 Å². The number of carbonyl (C=O) groups is 2. The summed E-state index contributed by atoms with van der Waals surface area (Å²) in [6.45, 7) is 4.71. The van der Waals surface area contributed by atoms with Crippen LogP contribution in [0.4, 0.5) is 5.69 Å². The number of aliphatic hydroxyl groups is 1. The van der Waals surface area contributed by atoms with E-state index in [2.05, 4.69) is 11.6 Å². The van der Waals surface area contributed by atoms with Gasteiger partial charge in [0.1, 0.15) is 18.1 Å². The van der Waals surface area contributed by atoms with Crippen LogP contribution in [-0.4, -0.2) is 49.3 Å². The zero-order chi connectivity index (χ0) is 25.7. The predicted octanol–water partition coefficient (Wildman–Crippen LogP) is 3.87. The monoisotopic (exact) mass is 488 g/mol. The third-order valence-corrected chi connectivity index (χ3v) is 5.83. The summed E-state index contributed by atoms with van der Waals surface area (Å²) < 4.78 is 7.31. The molecule has 0 saturated carbocycles. The van der Waals surface area contributed by atoms with E-state index in [1.54, 1.807) is 49.1 Å². The molecule has 1 aliphatic rings. The number of hydrogen-bond acceptors (Lipinski definition) is 7.